The molecule has 0 bridgehead atoms. The third-order valence-electron chi connectivity index (χ3n) is 8.44. The van der Waals surface area contributed by atoms with Crippen LogP contribution in [0.1, 0.15) is 74.7 Å². The minimum atomic E-state index is -0.765. The highest BCUT2D eigenvalue weighted by atomic mass is 16.5. The molecule has 2 N–H and O–H groups in total. The Balaban J connectivity index is 1.30. The van der Waals surface area contributed by atoms with Gasteiger partial charge in [0.25, 0.3) is 11.8 Å². The quantitative estimate of drug-likeness (QED) is 0.424. The zero-order valence-corrected chi connectivity index (χ0v) is 23.5. The molecule has 1 unspecified atom stereocenters. The molecular formula is C30H39N5O6. The van der Waals surface area contributed by atoms with Crippen molar-refractivity contribution in [2.45, 2.75) is 82.3 Å². The Hall–Kier alpha value is -3.89. The highest BCUT2D eigenvalue weighted by molar-refractivity contribution is 5.95. The summed E-state index contributed by atoms with van der Waals surface area (Å²) >= 11 is 0. The Morgan fingerprint density at radius 3 is 2.41 bits per heavy atom. The van der Waals surface area contributed by atoms with E-state index in [1.807, 2.05) is 30.3 Å². The molecule has 3 fully saturated rings. The molecule has 1 aromatic carbocycles. The number of amides is 3. The Morgan fingerprint density at radius 1 is 0.976 bits per heavy atom. The van der Waals surface area contributed by atoms with Crippen LogP contribution in [0.5, 0.6) is 5.88 Å². The topological polar surface area (TPSA) is 132 Å². The highest BCUT2D eigenvalue weighted by Crippen LogP contribution is 2.28. The molecule has 2 saturated carbocycles. The molecule has 220 valence electrons. The number of likely N-dealkylation sites (tertiary alicyclic amines) is 1. The van der Waals surface area contributed by atoms with Crippen LogP contribution in [-0.4, -0.2) is 76.8 Å². The first-order chi connectivity index (χ1) is 19.9. The maximum atomic E-state index is 13.3. The van der Waals surface area contributed by atoms with E-state index in [0.717, 1.165) is 57.8 Å². The van der Waals surface area contributed by atoms with E-state index in [-0.39, 0.29) is 42.0 Å². The predicted molar refractivity (Wildman–Crippen MR) is 149 cm³/mol. The van der Waals surface area contributed by atoms with Crippen molar-refractivity contribution in [3.8, 4) is 11.6 Å². The number of rotatable bonds is 10. The summed E-state index contributed by atoms with van der Waals surface area (Å²) in [4.78, 5) is 53.4. The van der Waals surface area contributed by atoms with Gasteiger partial charge in [0.05, 0.1) is 12.8 Å². The number of para-hydroxylation sites is 1. The molecule has 3 amide bonds. The molecule has 2 aromatic rings. The van der Waals surface area contributed by atoms with Crippen molar-refractivity contribution in [1.29, 1.82) is 0 Å². The average molecular weight is 566 g/mol. The Labute approximate surface area is 239 Å². The van der Waals surface area contributed by atoms with Crippen LogP contribution in [0.4, 0.5) is 0 Å². The summed E-state index contributed by atoms with van der Waals surface area (Å²) in [6.45, 7) is 0.187. The van der Waals surface area contributed by atoms with Gasteiger partial charge >= 0.3 is 5.97 Å². The van der Waals surface area contributed by atoms with Gasteiger partial charge in [0.2, 0.25) is 11.8 Å². The number of ether oxygens (including phenoxy) is 2. The van der Waals surface area contributed by atoms with E-state index in [1.54, 1.807) is 4.90 Å². The van der Waals surface area contributed by atoms with Crippen LogP contribution in [0.2, 0.25) is 0 Å². The van der Waals surface area contributed by atoms with E-state index >= 15 is 0 Å². The smallest absolute Gasteiger partial charge is 0.328 e. The molecule has 11 nitrogen and oxygen atoms in total. The lowest BCUT2D eigenvalue weighted by Crippen LogP contribution is -2.51. The zero-order chi connectivity index (χ0) is 28.8. The maximum absolute atomic E-state index is 13.3. The maximum Gasteiger partial charge on any atom is 0.328 e. The molecule has 11 heteroatoms. The molecule has 1 saturated heterocycles. The number of hydrogen-bond donors (Lipinski definition) is 2. The molecule has 2 heterocycles. The second-order valence-corrected chi connectivity index (χ2v) is 11.2. The number of methoxy groups -OCH3 is 1. The lowest BCUT2D eigenvalue weighted by molar-refractivity contribution is -0.144. The summed E-state index contributed by atoms with van der Waals surface area (Å²) in [5, 5.41) is 10.4. The van der Waals surface area contributed by atoms with Crippen molar-refractivity contribution in [2.75, 3.05) is 20.3 Å². The molecule has 41 heavy (non-hydrogen) atoms. The summed E-state index contributed by atoms with van der Waals surface area (Å²) in [6.07, 6.45) is 9.25. The van der Waals surface area contributed by atoms with Gasteiger partial charge < -0.3 is 25.0 Å². The van der Waals surface area contributed by atoms with Crippen LogP contribution in [0.15, 0.2) is 36.4 Å². The number of aromatic nitrogens is 2. The fourth-order valence-corrected chi connectivity index (χ4v) is 5.92. The van der Waals surface area contributed by atoms with Crippen LogP contribution in [0.3, 0.4) is 0 Å². The van der Waals surface area contributed by atoms with E-state index in [4.69, 9.17) is 9.47 Å². The molecule has 1 aliphatic heterocycles. The molecule has 2 aliphatic carbocycles. The van der Waals surface area contributed by atoms with Crippen molar-refractivity contribution >= 4 is 23.7 Å². The highest BCUT2D eigenvalue weighted by Gasteiger charge is 2.36. The third-order valence-corrected chi connectivity index (χ3v) is 8.44. The van der Waals surface area contributed by atoms with Crippen molar-refractivity contribution in [2.24, 2.45) is 5.92 Å². The normalized spacial score (nSPS) is 20.1. The second kappa shape index (κ2) is 13.2. The van der Waals surface area contributed by atoms with Crippen LogP contribution in [-0.2, 0) is 19.1 Å². The fourth-order valence-electron chi connectivity index (χ4n) is 5.92. The minimum absolute atomic E-state index is 0.000371. The number of esters is 1. The molecule has 0 radical (unpaired) electrons. The van der Waals surface area contributed by atoms with E-state index < -0.39 is 24.0 Å². The summed E-state index contributed by atoms with van der Waals surface area (Å²) < 4.78 is 12.4. The van der Waals surface area contributed by atoms with Gasteiger partial charge in [-0.3, -0.25) is 14.4 Å². The van der Waals surface area contributed by atoms with E-state index in [1.165, 1.54) is 17.9 Å². The van der Waals surface area contributed by atoms with Crippen molar-refractivity contribution in [3.63, 3.8) is 0 Å². The van der Waals surface area contributed by atoms with Crippen molar-refractivity contribution in [3.05, 3.63) is 42.1 Å². The van der Waals surface area contributed by atoms with Crippen molar-refractivity contribution in [1.82, 2.24) is 25.3 Å². The lowest BCUT2D eigenvalue weighted by Gasteiger charge is -2.30. The monoisotopic (exact) mass is 565 g/mol. The Bertz CT molecular complexity index is 1240. The van der Waals surface area contributed by atoms with Gasteiger partial charge in [-0.25, -0.2) is 9.48 Å². The summed E-state index contributed by atoms with van der Waals surface area (Å²) in [7, 11) is 1.32. The molecule has 3 aliphatic rings. The molecular weight excluding hydrogens is 526 g/mol. The van der Waals surface area contributed by atoms with Crippen LogP contribution in [0.25, 0.3) is 5.69 Å². The zero-order valence-electron chi connectivity index (χ0n) is 23.5. The van der Waals surface area contributed by atoms with Crippen LogP contribution < -0.4 is 15.4 Å². The van der Waals surface area contributed by atoms with E-state index in [0.29, 0.717) is 18.7 Å². The molecule has 0 spiro atoms. The number of carbonyl (C=O) groups excluding carboxylic acids is 4. The summed E-state index contributed by atoms with van der Waals surface area (Å²) in [6, 6.07) is 9.55. The van der Waals surface area contributed by atoms with Crippen LogP contribution >= 0.6 is 0 Å². The fraction of sp³-hybridized carbons (Fsp3) is 0.567. The van der Waals surface area contributed by atoms with Gasteiger partial charge in [-0.05, 0) is 63.0 Å². The lowest BCUT2D eigenvalue weighted by atomic mass is 9.84. The predicted octanol–water partition coefficient (Wildman–Crippen LogP) is 2.76. The summed E-state index contributed by atoms with van der Waals surface area (Å²) in [5.41, 5.74) is 0.699. The number of hydrogen-bond acceptors (Lipinski definition) is 7. The van der Waals surface area contributed by atoms with Gasteiger partial charge in [-0.1, -0.05) is 37.5 Å². The van der Waals surface area contributed by atoms with Gasteiger partial charge in [-0.15, -0.1) is 0 Å². The number of nitrogens with zero attached hydrogens (tertiary/aromatic N) is 3. The van der Waals surface area contributed by atoms with E-state index in [9.17, 15) is 19.2 Å². The van der Waals surface area contributed by atoms with E-state index in [2.05, 4.69) is 15.7 Å². The minimum Gasteiger partial charge on any atom is -0.467 e. The largest absolute Gasteiger partial charge is 0.467 e. The summed E-state index contributed by atoms with van der Waals surface area (Å²) in [5.74, 6) is -1.20. The first-order valence-corrected chi connectivity index (χ1v) is 14.7. The molecule has 5 rings (SSSR count). The van der Waals surface area contributed by atoms with Crippen molar-refractivity contribution < 1.29 is 28.7 Å². The molecule has 1 aromatic heterocycles. The molecule has 2 atom stereocenters. The van der Waals surface area contributed by atoms with Gasteiger partial charge in [0.1, 0.15) is 12.1 Å². The standard InChI is InChI=1S/C30H39N5O6/c1-40-30(39)27(20-10-4-2-5-11-20)32-28(37)23-18-26(35(33-23)22-14-6-3-7-15-22)41-19-25(36)34-17-9-16-24(34)29(38)31-21-12-8-13-21/h3,6-7,14-15,18,20-21,24,27H,2,4-5,8-13,16-17,19H2,1H3,(H,31,38)(H,32,37)/t24?,27-/m0/s1. The SMILES string of the molecule is COC(=O)[C@@H](NC(=O)c1cc(OCC(=O)N2CCCC2C(=O)NC2CCC2)n(-c2ccccc2)n1)C1CCCCC1. The number of carbonyl (C=O) groups is 4. The first kappa shape index (κ1) is 28.6. The first-order valence-electron chi connectivity index (χ1n) is 14.7. The number of nitrogens with one attached hydrogen (secondary N) is 2. The number of benzene rings is 1. The second-order valence-electron chi connectivity index (χ2n) is 11.2. The Morgan fingerprint density at radius 2 is 1.73 bits per heavy atom. The Kier molecular flexibility index (Phi) is 9.21. The van der Waals surface area contributed by atoms with Gasteiger partial charge in [-0.2, -0.15) is 5.10 Å². The van der Waals surface area contributed by atoms with Gasteiger partial charge in [0.15, 0.2) is 12.3 Å². The van der Waals surface area contributed by atoms with Crippen LogP contribution in [0, 0.1) is 5.92 Å². The third kappa shape index (κ3) is 6.71. The average Bonchev–Trinajstić information content (AvgIpc) is 3.65. The van der Waals surface area contributed by atoms with Gasteiger partial charge in [0, 0.05) is 18.7 Å².